The first-order valence-electron chi connectivity index (χ1n) is 4.18. The van der Waals surface area contributed by atoms with Crippen molar-refractivity contribution in [3.05, 3.63) is 36.6 Å². The molecule has 0 fully saturated rings. The molecule has 1 heteroatoms. The highest BCUT2D eigenvalue weighted by Gasteiger charge is 2.21. The van der Waals surface area contributed by atoms with E-state index >= 15 is 0 Å². The van der Waals surface area contributed by atoms with Gasteiger partial charge in [-0.3, -0.25) is 0 Å². The first-order valence-corrected chi connectivity index (χ1v) is 4.18. The Labute approximate surface area is 75.1 Å². The average Bonchev–Trinajstić information content (AvgIpc) is 2.05. The largest absolute Gasteiger partial charge is 0.508 e. The molecule has 0 atom stereocenters. The van der Waals surface area contributed by atoms with Gasteiger partial charge in [-0.1, -0.05) is 40.0 Å². The van der Waals surface area contributed by atoms with E-state index in [9.17, 15) is 5.11 Å². The van der Waals surface area contributed by atoms with Crippen molar-refractivity contribution in [2.24, 2.45) is 5.41 Å². The minimum Gasteiger partial charge on any atom is -0.508 e. The maximum atomic E-state index is 9.47. The number of aliphatic hydroxyl groups excluding tert-OH is 1. The van der Waals surface area contributed by atoms with Crippen LogP contribution < -0.4 is 0 Å². The second-order valence-electron chi connectivity index (χ2n) is 3.44. The lowest BCUT2D eigenvalue weighted by Crippen LogP contribution is -2.13. The number of allylic oxidation sites excluding steroid dienone is 3. The molecule has 0 aromatic carbocycles. The molecular weight excluding hydrogens is 148 g/mol. The van der Waals surface area contributed by atoms with Crippen LogP contribution in [0.1, 0.15) is 27.2 Å². The average molecular weight is 166 g/mol. The van der Waals surface area contributed by atoms with E-state index in [-0.39, 0.29) is 11.2 Å². The molecule has 0 saturated heterocycles. The molecule has 0 unspecified atom stereocenters. The molecule has 0 radical (unpaired) electrons. The standard InChI is InChI=1S/C11H18O/c1-6-9(10(12)7-2)11(4,5)8-3/h6-7,12H,1-2,8H2,3-5H3/b10-9-. The summed E-state index contributed by atoms with van der Waals surface area (Å²) in [7, 11) is 0. The Kier molecular flexibility index (Phi) is 3.81. The molecule has 0 aliphatic rings. The zero-order valence-electron chi connectivity index (χ0n) is 8.22. The van der Waals surface area contributed by atoms with Gasteiger partial charge in [0, 0.05) is 0 Å². The molecule has 1 nitrogen and oxygen atoms in total. The van der Waals surface area contributed by atoms with E-state index in [0.29, 0.717) is 0 Å². The topological polar surface area (TPSA) is 20.2 Å². The summed E-state index contributed by atoms with van der Waals surface area (Å²) in [5.41, 5.74) is 0.833. The SMILES string of the molecule is C=C/C(O)=C(\C=C)C(C)(C)CC. The number of hydrogen-bond donors (Lipinski definition) is 1. The van der Waals surface area contributed by atoms with Crippen LogP contribution in [0.5, 0.6) is 0 Å². The van der Waals surface area contributed by atoms with E-state index in [1.54, 1.807) is 6.08 Å². The van der Waals surface area contributed by atoms with Gasteiger partial charge in [0.05, 0.1) is 0 Å². The van der Waals surface area contributed by atoms with E-state index in [4.69, 9.17) is 0 Å². The van der Waals surface area contributed by atoms with Gasteiger partial charge in [-0.25, -0.2) is 0 Å². The van der Waals surface area contributed by atoms with Crippen molar-refractivity contribution >= 4 is 0 Å². The quantitative estimate of drug-likeness (QED) is 0.499. The van der Waals surface area contributed by atoms with E-state index in [1.807, 2.05) is 0 Å². The number of hydrogen-bond acceptors (Lipinski definition) is 1. The first-order chi connectivity index (χ1) is 5.49. The first kappa shape index (κ1) is 11.0. The molecule has 1 N–H and O–H groups in total. The number of rotatable bonds is 4. The van der Waals surface area contributed by atoms with Gasteiger partial charge in [-0.2, -0.15) is 0 Å². The zero-order chi connectivity index (χ0) is 9.78. The summed E-state index contributed by atoms with van der Waals surface area (Å²) in [5, 5.41) is 9.47. The summed E-state index contributed by atoms with van der Waals surface area (Å²) < 4.78 is 0. The van der Waals surface area contributed by atoms with Crippen molar-refractivity contribution in [3.8, 4) is 0 Å². The minimum atomic E-state index is -0.0278. The Morgan fingerprint density at radius 3 is 2.08 bits per heavy atom. The van der Waals surface area contributed by atoms with Gasteiger partial charge >= 0.3 is 0 Å². The third-order valence-electron chi connectivity index (χ3n) is 2.29. The summed E-state index contributed by atoms with van der Waals surface area (Å²) in [6.45, 7) is 13.4. The normalized spacial score (nSPS) is 13.6. The van der Waals surface area contributed by atoms with Gasteiger partial charge in [0.2, 0.25) is 0 Å². The predicted molar refractivity (Wildman–Crippen MR) is 54.1 cm³/mol. The monoisotopic (exact) mass is 166 g/mol. The molecule has 0 rings (SSSR count). The van der Waals surface area contributed by atoms with E-state index in [0.717, 1.165) is 12.0 Å². The maximum absolute atomic E-state index is 9.47. The Hall–Kier alpha value is -0.980. The Morgan fingerprint density at radius 1 is 1.33 bits per heavy atom. The zero-order valence-corrected chi connectivity index (χ0v) is 8.22. The minimum absolute atomic E-state index is 0.0278. The van der Waals surface area contributed by atoms with E-state index < -0.39 is 0 Å². The highest BCUT2D eigenvalue weighted by Crippen LogP contribution is 2.32. The van der Waals surface area contributed by atoms with Crippen molar-refractivity contribution < 1.29 is 5.11 Å². The molecule has 0 aliphatic heterocycles. The summed E-state index contributed by atoms with van der Waals surface area (Å²) in [4.78, 5) is 0. The fourth-order valence-electron chi connectivity index (χ4n) is 1.03. The van der Waals surface area contributed by atoms with Crippen molar-refractivity contribution in [2.45, 2.75) is 27.2 Å². The highest BCUT2D eigenvalue weighted by molar-refractivity contribution is 5.31. The third kappa shape index (κ3) is 2.26. The molecule has 0 spiro atoms. The van der Waals surface area contributed by atoms with Crippen LogP contribution >= 0.6 is 0 Å². The molecule has 68 valence electrons. The van der Waals surface area contributed by atoms with Crippen LogP contribution in [0.3, 0.4) is 0 Å². The summed E-state index contributed by atoms with van der Waals surface area (Å²) in [6.07, 6.45) is 4.11. The molecule has 0 heterocycles. The van der Waals surface area contributed by atoms with Gasteiger partial charge < -0.3 is 5.11 Å². The molecular formula is C11H18O. The van der Waals surface area contributed by atoms with Gasteiger partial charge in [0.1, 0.15) is 5.76 Å². The fraction of sp³-hybridized carbons (Fsp3) is 0.455. The predicted octanol–water partition coefficient (Wildman–Crippen LogP) is 3.61. The smallest absolute Gasteiger partial charge is 0.118 e. The van der Waals surface area contributed by atoms with Crippen molar-refractivity contribution in [1.82, 2.24) is 0 Å². The lowest BCUT2D eigenvalue weighted by molar-refractivity contribution is 0.376. The Balaban J connectivity index is 5.03. The maximum Gasteiger partial charge on any atom is 0.118 e. The van der Waals surface area contributed by atoms with Gasteiger partial charge in [0.15, 0.2) is 0 Å². The van der Waals surface area contributed by atoms with Crippen LogP contribution in [0, 0.1) is 5.41 Å². The molecule has 12 heavy (non-hydrogen) atoms. The van der Waals surface area contributed by atoms with Crippen LogP contribution in [0.25, 0.3) is 0 Å². The van der Waals surface area contributed by atoms with Gasteiger partial charge in [-0.15, -0.1) is 0 Å². The second kappa shape index (κ2) is 4.15. The number of aliphatic hydroxyl groups is 1. The van der Waals surface area contributed by atoms with E-state index in [2.05, 4.69) is 33.9 Å². The second-order valence-corrected chi connectivity index (χ2v) is 3.44. The molecule has 0 saturated carbocycles. The van der Waals surface area contributed by atoms with Gasteiger partial charge in [-0.05, 0) is 23.5 Å². The molecule has 0 aliphatic carbocycles. The van der Waals surface area contributed by atoms with Crippen LogP contribution in [-0.4, -0.2) is 5.11 Å². The van der Waals surface area contributed by atoms with Crippen molar-refractivity contribution in [3.63, 3.8) is 0 Å². The lowest BCUT2D eigenvalue weighted by atomic mass is 9.81. The summed E-state index contributed by atoms with van der Waals surface area (Å²) in [5.74, 6) is 0.233. The van der Waals surface area contributed by atoms with Crippen molar-refractivity contribution in [1.29, 1.82) is 0 Å². The molecule has 0 aromatic heterocycles. The van der Waals surface area contributed by atoms with Crippen LogP contribution in [0.4, 0.5) is 0 Å². The van der Waals surface area contributed by atoms with Gasteiger partial charge in [0.25, 0.3) is 0 Å². The summed E-state index contributed by atoms with van der Waals surface area (Å²) >= 11 is 0. The molecule has 0 bridgehead atoms. The van der Waals surface area contributed by atoms with Crippen LogP contribution in [0.2, 0.25) is 0 Å². The molecule has 0 amide bonds. The molecule has 0 aromatic rings. The van der Waals surface area contributed by atoms with Crippen LogP contribution in [0.15, 0.2) is 36.6 Å². The highest BCUT2D eigenvalue weighted by atomic mass is 16.3. The van der Waals surface area contributed by atoms with Crippen molar-refractivity contribution in [2.75, 3.05) is 0 Å². The Bertz CT molecular complexity index is 209. The fourth-order valence-corrected chi connectivity index (χ4v) is 1.03. The van der Waals surface area contributed by atoms with E-state index in [1.165, 1.54) is 6.08 Å². The Morgan fingerprint density at radius 2 is 1.83 bits per heavy atom. The third-order valence-corrected chi connectivity index (χ3v) is 2.29. The lowest BCUT2D eigenvalue weighted by Gasteiger charge is -2.24. The van der Waals surface area contributed by atoms with Crippen LogP contribution in [-0.2, 0) is 0 Å². The summed E-state index contributed by atoms with van der Waals surface area (Å²) in [6, 6.07) is 0.